The number of rotatable bonds is 6. The van der Waals surface area contributed by atoms with Gasteiger partial charge in [0.15, 0.2) is 0 Å². The first kappa shape index (κ1) is 47.2. The van der Waals surface area contributed by atoms with E-state index in [0.717, 1.165) is 36.5 Å². The molecule has 3 aromatic rings. The number of anilines is 1. The van der Waals surface area contributed by atoms with Gasteiger partial charge in [-0.05, 0) is 98.6 Å². The summed E-state index contributed by atoms with van der Waals surface area (Å²) in [6.07, 6.45) is 2.52. The highest BCUT2D eigenvalue weighted by atomic mass is 35.5. The van der Waals surface area contributed by atoms with E-state index >= 15 is 4.39 Å². The molecule has 364 valence electrons. The first-order chi connectivity index (χ1) is 32.8. The van der Waals surface area contributed by atoms with Crippen LogP contribution in [0.3, 0.4) is 0 Å². The Morgan fingerprint density at radius 3 is 2.54 bits per heavy atom. The number of nitrogens with one attached hydrogen (secondary N) is 4. The number of likely N-dealkylation sites (tertiary alicyclic amines) is 1. The monoisotopic (exact) mass is 969 g/mol. The quantitative estimate of drug-likeness (QED) is 0.115. The van der Waals surface area contributed by atoms with E-state index in [0.29, 0.717) is 56.3 Å². The summed E-state index contributed by atoms with van der Waals surface area (Å²) in [5.41, 5.74) is 0.456. The topological polar surface area (TPSA) is 153 Å². The Balaban J connectivity index is 0.803. The predicted molar refractivity (Wildman–Crippen MR) is 248 cm³/mol. The fourth-order valence-electron chi connectivity index (χ4n) is 12.6. The molecule has 17 heteroatoms. The lowest BCUT2D eigenvalue weighted by Gasteiger charge is -2.39. The number of aromatic nitrogens is 1. The molecule has 12 nitrogen and oxygen atoms in total. The Labute approximate surface area is 403 Å². The minimum atomic E-state index is -4.68. The molecule has 10 rings (SSSR count). The van der Waals surface area contributed by atoms with Gasteiger partial charge in [0.1, 0.15) is 17.6 Å². The van der Waals surface area contributed by atoms with Gasteiger partial charge < -0.3 is 25.8 Å². The lowest BCUT2D eigenvalue weighted by Crippen LogP contribution is -2.52. The van der Waals surface area contributed by atoms with E-state index in [4.69, 9.17) is 11.6 Å². The van der Waals surface area contributed by atoms with Gasteiger partial charge in [0.2, 0.25) is 23.6 Å². The first-order valence-corrected chi connectivity index (χ1v) is 24.5. The van der Waals surface area contributed by atoms with Crippen LogP contribution in [0.1, 0.15) is 129 Å². The number of piperidine rings is 2. The second-order valence-electron chi connectivity index (χ2n) is 21.6. The smallest absolute Gasteiger partial charge is 0.384 e. The molecule has 2 spiro atoms. The molecule has 5 fully saturated rings. The Morgan fingerprint density at radius 1 is 1.03 bits per heavy atom. The lowest BCUT2D eigenvalue weighted by molar-refractivity contribution is -0.141. The first-order valence-electron chi connectivity index (χ1n) is 24.2. The molecule has 0 radical (unpaired) electrons. The largest absolute Gasteiger partial charge is 0.433 e. The number of pyridine rings is 1. The summed E-state index contributed by atoms with van der Waals surface area (Å²) in [6.45, 7) is 7.81. The Bertz CT molecular complexity index is 2710. The number of hydrogen-bond acceptors (Lipinski definition) is 8. The zero-order chi connectivity index (χ0) is 48.8. The van der Waals surface area contributed by atoms with Gasteiger partial charge in [0.05, 0.1) is 11.1 Å². The van der Waals surface area contributed by atoms with Crippen molar-refractivity contribution in [2.45, 2.75) is 133 Å². The van der Waals surface area contributed by atoms with Crippen molar-refractivity contribution in [3.8, 4) is 11.8 Å². The van der Waals surface area contributed by atoms with E-state index in [1.807, 2.05) is 31.7 Å². The normalized spacial score (nSPS) is 30.7. The van der Waals surface area contributed by atoms with Crippen molar-refractivity contribution in [2.75, 3.05) is 25.0 Å². The molecule has 3 saturated heterocycles. The zero-order valence-electron chi connectivity index (χ0n) is 38.8. The van der Waals surface area contributed by atoms with E-state index in [1.54, 1.807) is 24.3 Å². The molecule has 1 aromatic heterocycles. The maximum Gasteiger partial charge on any atom is 0.433 e. The molecule has 5 aliphatic heterocycles. The highest BCUT2D eigenvalue weighted by molar-refractivity contribution is 6.30. The second kappa shape index (κ2) is 17.4. The molecular formula is C52H56ClF4N7O5. The van der Waals surface area contributed by atoms with Crippen LogP contribution in [-0.2, 0) is 37.3 Å². The van der Waals surface area contributed by atoms with E-state index in [-0.39, 0.29) is 94.5 Å². The maximum absolute atomic E-state index is 16.3. The number of carbonyl (C=O) groups is 5. The average molecular weight is 971 g/mol. The zero-order valence-corrected chi connectivity index (χ0v) is 39.6. The van der Waals surface area contributed by atoms with Crippen LogP contribution in [0.25, 0.3) is 0 Å². The summed E-state index contributed by atoms with van der Waals surface area (Å²) in [5.74, 6) is 3.88. The van der Waals surface area contributed by atoms with E-state index in [9.17, 15) is 37.1 Å². The van der Waals surface area contributed by atoms with Gasteiger partial charge in [-0.3, -0.25) is 34.3 Å². The van der Waals surface area contributed by atoms with Crippen molar-refractivity contribution < 1.29 is 41.5 Å². The molecule has 7 aliphatic rings. The molecule has 0 bridgehead atoms. The SMILES string of the molecule is CC(C)(C)C[C@@H]1N[C@@H](C(=O)NC2CCC(C(=O)N3CCC[C@]4(C[C@H]4C#Cc4cccc5c4CN(C4CCC(=O)NC4=O)C5=O)C3)CC2)[C@H](c2cccc(Cl)c2F)[C@]12CNc1cc(C(F)(F)F)ncc12. The van der Waals surface area contributed by atoms with Gasteiger partial charge in [0, 0.05) is 102 Å². The third-order valence-electron chi connectivity index (χ3n) is 16.1. The van der Waals surface area contributed by atoms with Crippen LogP contribution in [0.15, 0.2) is 48.7 Å². The molecule has 6 heterocycles. The average Bonchev–Trinajstić information content (AvgIpc) is 3.52. The van der Waals surface area contributed by atoms with Crippen molar-refractivity contribution in [3.63, 3.8) is 0 Å². The number of benzene rings is 2. The van der Waals surface area contributed by atoms with Gasteiger partial charge in [-0.1, -0.05) is 62.4 Å². The van der Waals surface area contributed by atoms with Crippen molar-refractivity contribution in [1.29, 1.82) is 0 Å². The summed E-state index contributed by atoms with van der Waals surface area (Å²) in [4.78, 5) is 73.9. The summed E-state index contributed by atoms with van der Waals surface area (Å²) in [5, 5.41) is 12.2. The molecule has 69 heavy (non-hydrogen) atoms. The van der Waals surface area contributed by atoms with Crippen LogP contribution in [0.4, 0.5) is 23.2 Å². The summed E-state index contributed by atoms with van der Waals surface area (Å²) in [7, 11) is 0. The number of nitrogens with zero attached hydrogens (tertiary/aromatic N) is 3. The summed E-state index contributed by atoms with van der Waals surface area (Å²) < 4.78 is 57.9. The lowest BCUT2D eigenvalue weighted by atomic mass is 9.63. The Morgan fingerprint density at radius 2 is 1.80 bits per heavy atom. The number of imide groups is 1. The third kappa shape index (κ3) is 8.55. The molecular weight excluding hydrogens is 914 g/mol. The highest BCUT2D eigenvalue weighted by Gasteiger charge is 2.62. The summed E-state index contributed by atoms with van der Waals surface area (Å²) >= 11 is 6.38. The Kier molecular flexibility index (Phi) is 11.9. The Hall–Kier alpha value is -5.53. The second-order valence-corrected chi connectivity index (χ2v) is 22.0. The van der Waals surface area contributed by atoms with Crippen molar-refractivity contribution in [1.82, 2.24) is 30.7 Å². The molecule has 2 aromatic carbocycles. The van der Waals surface area contributed by atoms with E-state index < -0.39 is 53.1 Å². The van der Waals surface area contributed by atoms with Crippen LogP contribution >= 0.6 is 11.6 Å². The standard InChI is InChI=1S/C52H56ClF4N7O5/c1-49(2,3)23-40-51(26-59-37-21-39(52(55,56)57)58-24-35(37)51)42(33-9-5-10-36(53)43(33)54)44(61-40)46(67)60-31-15-12-29(13-16-31)47(68)63-20-6-19-50(27-63)22-30(50)14-11-28-7-4-8-32-34(28)25-64(48(32)69)38-17-18-41(65)62-45(38)66/h4-5,7-10,21,24,29-31,38,40,42,44,59,61H,6,12-13,15-20,22-23,25-27H2,1-3H3,(H,60,67)(H,62,65,66)/t29?,30-,31?,38?,40+,42+,44-,50+,51+/m1/s1. The molecule has 4 N–H and O–H groups in total. The van der Waals surface area contributed by atoms with Crippen LogP contribution in [0, 0.1) is 40.3 Å². The number of halogens is 5. The number of alkyl halides is 3. The van der Waals surface area contributed by atoms with Gasteiger partial charge in [-0.2, -0.15) is 13.2 Å². The van der Waals surface area contributed by atoms with Gasteiger partial charge in [-0.25, -0.2) is 4.39 Å². The van der Waals surface area contributed by atoms with Crippen molar-refractivity contribution in [3.05, 3.63) is 93.0 Å². The predicted octanol–water partition coefficient (Wildman–Crippen LogP) is 7.23. The third-order valence-corrected chi connectivity index (χ3v) is 16.4. The van der Waals surface area contributed by atoms with Gasteiger partial charge in [-0.15, -0.1) is 0 Å². The molecule has 1 unspecified atom stereocenters. The number of hydrogen-bond donors (Lipinski definition) is 4. The van der Waals surface area contributed by atoms with Crippen LogP contribution in [0.5, 0.6) is 0 Å². The molecule has 2 aliphatic carbocycles. The fraction of sp³-hybridized carbons (Fsp3) is 0.538. The van der Waals surface area contributed by atoms with Gasteiger partial charge in [0.25, 0.3) is 5.91 Å². The van der Waals surface area contributed by atoms with Crippen molar-refractivity contribution >= 4 is 46.8 Å². The van der Waals surface area contributed by atoms with Crippen LogP contribution in [-0.4, -0.2) is 88.1 Å². The van der Waals surface area contributed by atoms with Crippen molar-refractivity contribution in [2.24, 2.45) is 22.7 Å². The van der Waals surface area contributed by atoms with Crippen LogP contribution in [0.2, 0.25) is 5.02 Å². The fourth-order valence-corrected chi connectivity index (χ4v) is 12.8. The molecule has 2 saturated carbocycles. The molecule has 5 amide bonds. The highest BCUT2D eigenvalue weighted by Crippen LogP contribution is 2.59. The van der Waals surface area contributed by atoms with Gasteiger partial charge >= 0.3 is 6.18 Å². The minimum Gasteiger partial charge on any atom is -0.384 e. The molecule has 7 atom stereocenters. The number of fused-ring (bicyclic) bond motifs is 3. The van der Waals surface area contributed by atoms with E-state index in [1.165, 1.54) is 17.2 Å². The maximum atomic E-state index is 16.3. The minimum absolute atomic E-state index is 0.0934. The van der Waals surface area contributed by atoms with E-state index in [2.05, 4.69) is 38.1 Å². The number of amides is 5. The summed E-state index contributed by atoms with van der Waals surface area (Å²) in [6, 6.07) is 8.67. The number of carbonyl (C=O) groups excluding carboxylic acids is 5. The van der Waals surface area contributed by atoms with Crippen LogP contribution < -0.4 is 21.3 Å².